The number of carbonyl (C=O) groups excluding carboxylic acids is 1. The van der Waals surface area contributed by atoms with Crippen LogP contribution >= 0.6 is 11.3 Å². The molecule has 1 fully saturated rings. The fourth-order valence-electron chi connectivity index (χ4n) is 3.83. The average molecular weight is 345 g/mol. The number of piperidine rings is 1. The summed E-state index contributed by atoms with van der Waals surface area (Å²) in [5, 5.41) is 6.35. The van der Waals surface area contributed by atoms with Gasteiger partial charge in [0.25, 0.3) is 0 Å². The summed E-state index contributed by atoms with van der Waals surface area (Å²) in [5.41, 5.74) is 1.32. The first-order valence-electron chi connectivity index (χ1n) is 8.73. The van der Waals surface area contributed by atoms with Gasteiger partial charge in [-0.25, -0.2) is 0 Å². The highest BCUT2D eigenvalue weighted by Gasteiger charge is 2.42. The minimum Gasteiger partial charge on any atom is -0.369 e. The Labute approximate surface area is 146 Å². The standard InChI is InChI=1S/C18H23N3O2S/c22-16(3-1-9-21-10-2-8-19-21)20-11-6-18(7-12-20)17-15(4-13-23-18)5-14-24-17/h2,5,8,10,14H,1,3-4,6-7,9,11-13H2. The first kappa shape index (κ1) is 15.8. The van der Waals surface area contributed by atoms with Gasteiger partial charge in [0.05, 0.1) is 6.61 Å². The summed E-state index contributed by atoms with van der Waals surface area (Å²) in [6.07, 6.45) is 8.02. The van der Waals surface area contributed by atoms with Crippen molar-refractivity contribution in [2.24, 2.45) is 0 Å². The Bertz CT molecular complexity index is 687. The van der Waals surface area contributed by atoms with Gasteiger partial charge in [0, 0.05) is 43.3 Å². The Balaban J connectivity index is 1.31. The maximum absolute atomic E-state index is 12.5. The Morgan fingerprint density at radius 1 is 1.38 bits per heavy atom. The first-order chi connectivity index (χ1) is 11.8. The summed E-state index contributed by atoms with van der Waals surface area (Å²) in [6.45, 7) is 3.22. The molecule has 4 rings (SSSR count). The lowest BCUT2D eigenvalue weighted by atomic mass is 9.85. The van der Waals surface area contributed by atoms with E-state index < -0.39 is 0 Å². The molecule has 0 N–H and O–H groups in total. The average Bonchev–Trinajstić information content (AvgIpc) is 3.27. The van der Waals surface area contributed by atoms with E-state index in [4.69, 9.17) is 4.74 Å². The van der Waals surface area contributed by atoms with Crippen molar-refractivity contribution in [3.05, 3.63) is 40.3 Å². The van der Waals surface area contributed by atoms with Crippen LogP contribution in [0.25, 0.3) is 0 Å². The molecule has 1 spiro atoms. The van der Waals surface area contributed by atoms with Crippen LogP contribution in [0.1, 0.15) is 36.1 Å². The molecule has 0 radical (unpaired) electrons. The second-order valence-corrected chi connectivity index (χ2v) is 7.54. The zero-order valence-electron chi connectivity index (χ0n) is 13.8. The van der Waals surface area contributed by atoms with Crippen molar-refractivity contribution >= 4 is 17.2 Å². The number of likely N-dealkylation sites (tertiary alicyclic amines) is 1. The van der Waals surface area contributed by atoms with E-state index in [-0.39, 0.29) is 11.5 Å². The molecule has 5 nitrogen and oxygen atoms in total. The summed E-state index contributed by atoms with van der Waals surface area (Å²) in [7, 11) is 0. The van der Waals surface area contributed by atoms with Crippen molar-refractivity contribution in [3.8, 4) is 0 Å². The van der Waals surface area contributed by atoms with Crippen molar-refractivity contribution in [3.63, 3.8) is 0 Å². The van der Waals surface area contributed by atoms with Crippen LogP contribution in [0.4, 0.5) is 0 Å². The fourth-order valence-corrected chi connectivity index (χ4v) is 4.99. The number of carbonyl (C=O) groups is 1. The van der Waals surface area contributed by atoms with E-state index in [1.54, 1.807) is 6.20 Å². The molecular weight excluding hydrogens is 322 g/mol. The van der Waals surface area contributed by atoms with Crippen molar-refractivity contribution in [1.82, 2.24) is 14.7 Å². The largest absolute Gasteiger partial charge is 0.369 e. The third-order valence-electron chi connectivity index (χ3n) is 5.17. The molecule has 128 valence electrons. The van der Waals surface area contributed by atoms with Gasteiger partial charge in [0.2, 0.25) is 5.91 Å². The van der Waals surface area contributed by atoms with Gasteiger partial charge < -0.3 is 9.64 Å². The summed E-state index contributed by atoms with van der Waals surface area (Å²) < 4.78 is 8.09. The van der Waals surface area contributed by atoms with Crippen LogP contribution in [0.15, 0.2) is 29.9 Å². The van der Waals surface area contributed by atoms with Gasteiger partial charge in [-0.2, -0.15) is 5.10 Å². The zero-order chi connectivity index (χ0) is 16.4. The molecule has 0 saturated carbocycles. The van der Waals surface area contributed by atoms with Crippen LogP contribution in [0.2, 0.25) is 0 Å². The number of aryl methyl sites for hydroxylation is 1. The van der Waals surface area contributed by atoms with Gasteiger partial charge in [-0.3, -0.25) is 9.48 Å². The van der Waals surface area contributed by atoms with E-state index in [9.17, 15) is 4.79 Å². The molecule has 24 heavy (non-hydrogen) atoms. The molecular formula is C18H23N3O2S. The number of rotatable bonds is 4. The highest BCUT2D eigenvalue weighted by molar-refractivity contribution is 7.10. The third-order valence-corrected chi connectivity index (χ3v) is 6.31. The topological polar surface area (TPSA) is 47.4 Å². The van der Waals surface area contributed by atoms with E-state index in [1.165, 1.54) is 10.4 Å². The summed E-state index contributed by atoms with van der Waals surface area (Å²) in [6, 6.07) is 4.14. The Morgan fingerprint density at radius 2 is 2.25 bits per heavy atom. The van der Waals surface area contributed by atoms with Crippen molar-refractivity contribution in [2.75, 3.05) is 19.7 Å². The van der Waals surface area contributed by atoms with Gasteiger partial charge in [0.1, 0.15) is 5.60 Å². The molecule has 2 aliphatic rings. The van der Waals surface area contributed by atoms with Gasteiger partial charge in [-0.1, -0.05) is 0 Å². The van der Waals surface area contributed by atoms with Crippen LogP contribution in [0.5, 0.6) is 0 Å². The minimum absolute atomic E-state index is 0.131. The maximum Gasteiger partial charge on any atom is 0.222 e. The van der Waals surface area contributed by atoms with Crippen LogP contribution < -0.4 is 0 Å². The second-order valence-electron chi connectivity index (χ2n) is 6.62. The lowest BCUT2D eigenvalue weighted by Gasteiger charge is -2.43. The Morgan fingerprint density at radius 3 is 3.04 bits per heavy atom. The molecule has 2 aromatic heterocycles. The molecule has 0 aromatic carbocycles. The summed E-state index contributed by atoms with van der Waals surface area (Å²) in [4.78, 5) is 15.9. The maximum atomic E-state index is 12.5. The predicted molar refractivity (Wildman–Crippen MR) is 92.9 cm³/mol. The number of amides is 1. The van der Waals surface area contributed by atoms with Gasteiger partial charge in [-0.15, -0.1) is 11.3 Å². The molecule has 1 amide bonds. The van der Waals surface area contributed by atoms with Gasteiger partial charge >= 0.3 is 0 Å². The van der Waals surface area contributed by atoms with E-state index in [0.29, 0.717) is 6.42 Å². The second kappa shape index (κ2) is 6.69. The lowest BCUT2D eigenvalue weighted by Crippen LogP contribution is -2.47. The molecule has 0 bridgehead atoms. The van der Waals surface area contributed by atoms with Crippen LogP contribution in [-0.2, 0) is 28.1 Å². The normalized spacial score (nSPS) is 19.4. The highest BCUT2D eigenvalue weighted by atomic mass is 32.1. The SMILES string of the molecule is O=C(CCCn1cccn1)N1CCC2(CC1)OCCc1ccsc12. The van der Waals surface area contributed by atoms with E-state index >= 15 is 0 Å². The van der Waals surface area contributed by atoms with Crippen LogP contribution in [0, 0.1) is 0 Å². The van der Waals surface area contributed by atoms with Crippen LogP contribution in [0.3, 0.4) is 0 Å². The number of nitrogens with zero attached hydrogens (tertiary/aromatic N) is 3. The summed E-state index contributed by atoms with van der Waals surface area (Å²) in [5.74, 6) is 0.263. The smallest absolute Gasteiger partial charge is 0.222 e. The molecule has 2 aromatic rings. The fraction of sp³-hybridized carbons (Fsp3) is 0.556. The molecule has 0 aliphatic carbocycles. The number of ether oxygens (including phenoxy) is 1. The van der Waals surface area contributed by atoms with Crippen molar-refractivity contribution in [2.45, 2.75) is 44.2 Å². The van der Waals surface area contributed by atoms with Crippen molar-refractivity contribution in [1.29, 1.82) is 0 Å². The Hall–Kier alpha value is -1.66. The van der Waals surface area contributed by atoms with Gasteiger partial charge in [0.15, 0.2) is 0 Å². The predicted octanol–water partition coefficient (Wildman–Crippen LogP) is 2.82. The highest BCUT2D eigenvalue weighted by Crippen LogP contribution is 2.44. The zero-order valence-corrected chi connectivity index (χ0v) is 14.6. The lowest BCUT2D eigenvalue weighted by molar-refractivity contribution is -0.140. The van der Waals surface area contributed by atoms with E-state index in [0.717, 1.165) is 51.9 Å². The molecule has 6 heteroatoms. The summed E-state index contributed by atoms with van der Waals surface area (Å²) >= 11 is 1.81. The monoisotopic (exact) mass is 345 g/mol. The molecule has 2 aliphatic heterocycles. The molecule has 1 saturated heterocycles. The number of fused-ring (bicyclic) bond motifs is 2. The molecule has 0 unspecified atom stereocenters. The van der Waals surface area contributed by atoms with Gasteiger partial charge in [-0.05, 0) is 48.8 Å². The number of hydrogen-bond acceptors (Lipinski definition) is 4. The third kappa shape index (κ3) is 3.00. The molecule has 0 atom stereocenters. The van der Waals surface area contributed by atoms with E-state index in [1.807, 2.05) is 33.2 Å². The number of aromatic nitrogens is 2. The quantitative estimate of drug-likeness (QED) is 0.856. The van der Waals surface area contributed by atoms with Crippen molar-refractivity contribution < 1.29 is 9.53 Å². The van der Waals surface area contributed by atoms with Crippen LogP contribution in [-0.4, -0.2) is 40.3 Å². The first-order valence-corrected chi connectivity index (χ1v) is 9.61. The number of hydrogen-bond donors (Lipinski definition) is 0. The number of thiophene rings is 1. The molecule has 4 heterocycles. The Kier molecular flexibility index (Phi) is 4.41. The minimum atomic E-state index is -0.131. The van der Waals surface area contributed by atoms with E-state index in [2.05, 4.69) is 16.5 Å².